The van der Waals surface area contributed by atoms with Crippen LogP contribution in [-0.2, 0) is 10.8 Å². The Kier molecular flexibility index (Phi) is 24.1. The summed E-state index contributed by atoms with van der Waals surface area (Å²) in [6, 6.07) is 178. The van der Waals surface area contributed by atoms with Gasteiger partial charge in [0.05, 0.1) is 16.8 Å². The van der Waals surface area contributed by atoms with Crippen LogP contribution in [0.5, 0.6) is 0 Å². The summed E-state index contributed by atoms with van der Waals surface area (Å²) >= 11 is 25.8. The van der Waals surface area contributed by atoms with E-state index in [9.17, 15) is 0 Å². The Morgan fingerprint density at radius 2 is 0.593 bits per heavy atom. The summed E-state index contributed by atoms with van der Waals surface area (Å²) in [5.41, 5.74) is 31.5. The normalized spacial score (nSPS) is 12.2. The van der Waals surface area contributed by atoms with Crippen LogP contribution in [0.4, 0.5) is 68.2 Å². The molecule has 0 atom stereocenters. The fraction of sp³-hybridized carbons (Fsp3) is 0.0317. The molecular weight excluding hydrogens is 1730 g/mol. The number of hydrogen-bond acceptors (Lipinski definition) is 5. The molecule has 0 N–H and O–H groups in total. The van der Waals surface area contributed by atoms with E-state index in [-0.39, 0.29) is 5.41 Å². The van der Waals surface area contributed by atoms with Crippen molar-refractivity contribution in [1.82, 2.24) is 0 Å². The van der Waals surface area contributed by atoms with Gasteiger partial charge in [0.2, 0.25) is 0 Å². The van der Waals surface area contributed by atoms with Gasteiger partial charge in [-0.3, -0.25) is 0 Å². The summed E-state index contributed by atoms with van der Waals surface area (Å²) in [5, 5.41) is 10.0. The molecule has 2 aliphatic carbocycles. The van der Waals surface area contributed by atoms with Crippen LogP contribution in [0, 0.1) is 0 Å². The maximum Gasteiger partial charge on any atom is 0.159 e. The minimum atomic E-state index is -0.455. The summed E-state index contributed by atoms with van der Waals surface area (Å²) in [7, 11) is 0. The number of nitrogens with zero attached hydrogens (tertiary/aromatic N) is 4. The van der Waals surface area contributed by atoms with Gasteiger partial charge in [-0.15, -0.1) is 0 Å². The van der Waals surface area contributed by atoms with Crippen LogP contribution < -0.4 is 19.6 Å². The molecule has 1 aromatic heterocycles. The van der Waals surface area contributed by atoms with Crippen molar-refractivity contribution in [2.75, 3.05) is 19.6 Å². The quantitative estimate of drug-likeness (QED) is 0.0961. The number of benzene rings is 21. The Labute approximate surface area is 808 Å². The van der Waals surface area contributed by atoms with E-state index in [1.54, 1.807) is 0 Å². The molecule has 0 unspecified atom stereocenters. The first-order valence-corrected chi connectivity index (χ1v) is 46.9. The Bertz CT molecular complexity index is 7960. The number of anilines is 12. The first-order chi connectivity index (χ1) is 66.4. The van der Waals surface area contributed by atoms with Crippen LogP contribution in [0.2, 0.25) is 20.1 Å². The maximum atomic E-state index is 6.53. The number of hydrogen-bond donors (Lipinski definition) is 0. The van der Waals surface area contributed by atoms with Gasteiger partial charge in [0.25, 0.3) is 0 Å². The van der Waals surface area contributed by atoms with Crippen LogP contribution in [-0.4, -0.2) is 0 Å². The zero-order chi connectivity index (χ0) is 91.4. The molecule has 24 rings (SSSR count). The van der Waals surface area contributed by atoms with E-state index in [1.165, 1.54) is 88.3 Å². The predicted octanol–water partition coefficient (Wildman–Crippen LogP) is 37.4. The van der Waals surface area contributed by atoms with E-state index in [4.69, 9.17) is 50.8 Å². The van der Waals surface area contributed by atoms with Gasteiger partial charge in [-0.25, -0.2) is 0 Å². The number of fused-ring (bicyclic) bond motifs is 11. The Balaban J connectivity index is 0.000000110. The number of furan rings is 1. The van der Waals surface area contributed by atoms with Crippen LogP contribution in [0.25, 0.3) is 88.0 Å². The Hall–Kier alpha value is -15.7. The predicted molar refractivity (Wildman–Crippen MR) is 573 cm³/mol. The third-order valence-electron chi connectivity index (χ3n) is 25.9. The lowest BCUT2D eigenvalue weighted by molar-refractivity contribution is 0.660. The fourth-order valence-electron chi connectivity index (χ4n) is 19.7. The lowest BCUT2D eigenvalue weighted by atomic mass is 9.67. The molecule has 0 bridgehead atoms. The molecule has 135 heavy (non-hydrogen) atoms. The van der Waals surface area contributed by atoms with Crippen molar-refractivity contribution >= 4 is 158 Å². The lowest BCUT2D eigenvalue weighted by Crippen LogP contribution is -2.28. The van der Waals surface area contributed by atoms with Crippen molar-refractivity contribution in [2.45, 2.75) is 24.7 Å². The average Bonchev–Trinajstić information content (AvgIpc) is 1.53. The van der Waals surface area contributed by atoms with Crippen molar-refractivity contribution in [1.29, 1.82) is 0 Å². The van der Waals surface area contributed by atoms with Gasteiger partial charge in [-0.1, -0.05) is 394 Å². The third kappa shape index (κ3) is 16.9. The number of rotatable bonds is 16. The molecule has 5 nitrogen and oxygen atoms in total. The van der Waals surface area contributed by atoms with Gasteiger partial charge >= 0.3 is 0 Å². The fourth-order valence-corrected chi connectivity index (χ4v) is 20.5. The molecule has 1 heterocycles. The summed E-state index contributed by atoms with van der Waals surface area (Å²) in [4.78, 5) is 9.07. The van der Waals surface area contributed by atoms with Crippen molar-refractivity contribution in [3.8, 4) is 44.5 Å². The monoisotopic (exact) mass is 1810 g/mol. The minimum Gasteiger partial charge on any atom is -0.454 e. The summed E-state index contributed by atoms with van der Waals surface area (Å²) < 4.78 is 6.45. The highest BCUT2D eigenvalue weighted by Gasteiger charge is 2.47. The summed E-state index contributed by atoms with van der Waals surface area (Å²) in [6.07, 6.45) is 0. The first-order valence-electron chi connectivity index (χ1n) is 45.4. The maximum absolute atomic E-state index is 6.53. The Morgan fingerprint density at radius 1 is 0.207 bits per heavy atom. The van der Waals surface area contributed by atoms with Crippen molar-refractivity contribution in [2.24, 2.45) is 0 Å². The lowest BCUT2D eigenvalue weighted by Gasteiger charge is -2.34. The standard InChI is InChI=1S/C41H28ClN.C33H24ClNO.C28H20ClN.C24H18ClN/c42-33-19-12-22-35(27-33)43(34-20-8-3-9-21-34)36-23-24-39-38(28-36)37-25-29-13-10-11-14-30(29)26-40(37)41(39,31-15-4-1-5-16-31)32-17-6-2-7-18-32;1-33(2)28-14-5-3-11-24(28)25-18-17-23(20-29(25)33)35(22-10-7-9-21(34)19-22)30-15-8-13-27-26-12-4-6-16-31(26)36-32(27)30;29-24-13-8-14-25(20-24)30(26-18-17-21-9-4-5-12-23(21)19-26)28-16-7-6-15-27(28)22-10-2-1-3-11-22;25-24-14-8-7-13-23(24)19-15-17-22(18-16-19)26(20-9-3-1-4-10-20)21-11-5-2-6-12-21/h1-28H;3-20H,1-2H3;1-20H;1-18H. The molecule has 2 aliphatic rings. The highest BCUT2D eigenvalue weighted by molar-refractivity contribution is 6.33. The van der Waals surface area contributed by atoms with Crippen LogP contribution in [0.15, 0.2) is 514 Å². The summed E-state index contributed by atoms with van der Waals surface area (Å²) in [5.74, 6) is 0. The molecule has 0 radical (unpaired) electrons. The molecule has 648 valence electrons. The van der Waals surface area contributed by atoms with E-state index in [1.807, 2.05) is 109 Å². The van der Waals surface area contributed by atoms with Crippen LogP contribution in [0.1, 0.15) is 47.2 Å². The van der Waals surface area contributed by atoms with E-state index in [0.717, 1.165) is 111 Å². The average molecular weight is 1820 g/mol. The second-order valence-electron chi connectivity index (χ2n) is 34.3. The van der Waals surface area contributed by atoms with Crippen LogP contribution in [0.3, 0.4) is 0 Å². The van der Waals surface area contributed by atoms with E-state index in [2.05, 4.69) is 434 Å². The molecule has 0 aliphatic heterocycles. The van der Waals surface area contributed by atoms with Gasteiger partial charge < -0.3 is 24.0 Å². The van der Waals surface area contributed by atoms with Crippen molar-refractivity contribution in [3.05, 3.63) is 563 Å². The van der Waals surface area contributed by atoms with Gasteiger partial charge in [0.1, 0.15) is 5.58 Å². The first kappa shape index (κ1) is 86.0. The minimum absolute atomic E-state index is 0.0900. The summed E-state index contributed by atoms with van der Waals surface area (Å²) in [6.45, 7) is 4.62. The second kappa shape index (κ2) is 37.9. The second-order valence-corrected chi connectivity index (χ2v) is 36.1. The molecule has 22 aromatic rings. The largest absolute Gasteiger partial charge is 0.454 e. The number of para-hydroxylation sites is 6. The van der Waals surface area contributed by atoms with Crippen molar-refractivity contribution < 1.29 is 4.42 Å². The topological polar surface area (TPSA) is 26.1 Å². The molecule has 0 spiro atoms. The van der Waals surface area contributed by atoms with Gasteiger partial charge in [0.15, 0.2) is 5.58 Å². The third-order valence-corrected chi connectivity index (χ3v) is 26.9. The van der Waals surface area contributed by atoms with E-state index in [0.29, 0.717) is 10.0 Å². The smallest absolute Gasteiger partial charge is 0.159 e. The molecule has 9 heteroatoms. The zero-order valence-electron chi connectivity index (χ0n) is 74.2. The zero-order valence-corrected chi connectivity index (χ0v) is 77.2. The van der Waals surface area contributed by atoms with Gasteiger partial charge in [-0.05, 0) is 264 Å². The molecule has 21 aromatic carbocycles. The van der Waals surface area contributed by atoms with E-state index >= 15 is 0 Å². The van der Waals surface area contributed by atoms with Gasteiger partial charge in [0, 0.05) is 104 Å². The molecule has 0 saturated carbocycles. The van der Waals surface area contributed by atoms with Gasteiger partial charge in [-0.2, -0.15) is 0 Å². The highest BCUT2D eigenvalue weighted by Crippen LogP contribution is 2.59. The van der Waals surface area contributed by atoms with Crippen LogP contribution >= 0.6 is 46.4 Å². The Morgan fingerprint density at radius 3 is 1.19 bits per heavy atom. The molecule has 0 amide bonds. The molecular formula is C126H90Cl4N4O. The SMILES string of the molecule is CC1(C)c2ccccc2-c2ccc(N(c3cccc(Cl)c3)c3cccc4c3oc3ccccc34)cc21.Clc1cccc(N(c2ccc3ccccc3c2)c2ccccc2-c2ccccc2)c1.Clc1cccc(N(c2ccccc2)c2ccc3c(c2)-c2cc4ccccc4cc2C3(c2ccccc2)c2ccccc2)c1.Clc1ccccc1-c1ccc(N(c2ccccc2)c2ccccc2)cc1. The number of halogens is 4. The molecule has 0 fully saturated rings. The highest BCUT2D eigenvalue weighted by atomic mass is 35.5. The van der Waals surface area contributed by atoms with E-state index < -0.39 is 5.41 Å². The molecule has 0 saturated heterocycles. The van der Waals surface area contributed by atoms with Crippen molar-refractivity contribution in [3.63, 3.8) is 0 Å².